The average molecular weight is 553 g/mol. The second kappa shape index (κ2) is 13.2. The molecule has 1 fully saturated rings. The quantitative estimate of drug-likeness (QED) is 0.463. The number of likely N-dealkylation sites (tertiary alicyclic amines) is 1. The monoisotopic (exact) mass is 551 g/mol. The van der Waals surface area contributed by atoms with Gasteiger partial charge in [0, 0.05) is 32.7 Å². The molecule has 1 saturated heterocycles. The second-order valence-electron chi connectivity index (χ2n) is 11.2. The zero-order valence-electron chi connectivity index (χ0n) is 22.4. The van der Waals surface area contributed by atoms with E-state index in [0.29, 0.717) is 30.6 Å². The molecule has 3 N–H and O–H groups in total. The zero-order chi connectivity index (χ0) is 25.2. The van der Waals surface area contributed by atoms with E-state index in [9.17, 15) is 15.0 Å². The third-order valence-corrected chi connectivity index (χ3v) is 8.11. The lowest BCUT2D eigenvalue weighted by atomic mass is 9.68. The van der Waals surface area contributed by atoms with Crippen molar-refractivity contribution in [2.75, 3.05) is 32.7 Å². The molecule has 0 unspecified atom stereocenters. The van der Waals surface area contributed by atoms with Gasteiger partial charge < -0.3 is 25.3 Å². The number of hydrogen-bond acceptors (Lipinski definition) is 5. The summed E-state index contributed by atoms with van der Waals surface area (Å²) in [5.74, 6) is 1.62. The van der Waals surface area contributed by atoms with Crippen LogP contribution in [0.15, 0.2) is 42.5 Å². The fourth-order valence-corrected chi connectivity index (χ4v) is 5.70. The maximum absolute atomic E-state index is 13.5. The van der Waals surface area contributed by atoms with Gasteiger partial charge in [0.25, 0.3) is 0 Å². The van der Waals surface area contributed by atoms with Crippen molar-refractivity contribution >= 4 is 30.7 Å². The molecule has 8 heteroatoms. The van der Waals surface area contributed by atoms with Crippen molar-refractivity contribution in [1.29, 1.82) is 0 Å². The maximum Gasteiger partial charge on any atom is 0.240 e. The van der Waals surface area contributed by atoms with E-state index in [-0.39, 0.29) is 47.9 Å². The van der Waals surface area contributed by atoms with Crippen molar-refractivity contribution in [3.05, 3.63) is 59.2 Å². The highest BCUT2D eigenvalue weighted by atomic mass is 35.5. The van der Waals surface area contributed by atoms with Crippen LogP contribution in [0.5, 0.6) is 11.5 Å². The van der Waals surface area contributed by atoms with Crippen LogP contribution < -0.4 is 5.32 Å². The Bertz CT molecular complexity index is 1050. The van der Waals surface area contributed by atoms with Gasteiger partial charge in [-0.1, -0.05) is 45.9 Å². The summed E-state index contributed by atoms with van der Waals surface area (Å²) in [7, 11) is 0. The number of piperidine rings is 1. The molecule has 2 aromatic carbocycles. The molecule has 6 nitrogen and oxygen atoms in total. The van der Waals surface area contributed by atoms with E-state index in [1.54, 1.807) is 18.2 Å². The molecule has 0 spiro atoms. The molecule has 2 aliphatic heterocycles. The number of carbonyl (C=O) groups excluding carboxylic acids is 1. The highest BCUT2D eigenvalue weighted by Crippen LogP contribution is 2.40. The number of nitrogens with zero attached hydrogens (tertiary/aromatic N) is 2. The van der Waals surface area contributed by atoms with Gasteiger partial charge in [-0.05, 0) is 77.6 Å². The number of benzene rings is 2. The van der Waals surface area contributed by atoms with Crippen molar-refractivity contribution in [2.24, 2.45) is 11.8 Å². The van der Waals surface area contributed by atoms with Gasteiger partial charge in [-0.15, -0.1) is 24.8 Å². The Balaban J connectivity index is 0.00000241. The first-order valence-corrected chi connectivity index (χ1v) is 13.0. The van der Waals surface area contributed by atoms with Crippen molar-refractivity contribution < 1.29 is 15.0 Å². The van der Waals surface area contributed by atoms with Crippen LogP contribution in [-0.2, 0) is 23.2 Å². The van der Waals surface area contributed by atoms with Crippen molar-refractivity contribution in [2.45, 2.75) is 58.5 Å². The molecular weight excluding hydrogens is 509 g/mol. The van der Waals surface area contributed by atoms with E-state index < -0.39 is 0 Å². The highest BCUT2D eigenvalue weighted by molar-refractivity contribution is 5.85. The number of phenols is 2. The Morgan fingerprint density at radius 3 is 2.54 bits per heavy atom. The predicted molar refractivity (Wildman–Crippen MR) is 154 cm³/mol. The largest absolute Gasteiger partial charge is 0.508 e. The molecule has 0 aromatic heterocycles. The molecule has 2 aliphatic rings. The summed E-state index contributed by atoms with van der Waals surface area (Å²) in [4.78, 5) is 18.1. The second-order valence-corrected chi connectivity index (χ2v) is 11.2. The first-order chi connectivity index (χ1) is 16.7. The first-order valence-electron chi connectivity index (χ1n) is 13.0. The molecular formula is C29H43Cl2N3O3. The lowest BCUT2D eigenvalue weighted by Gasteiger charge is -2.45. The Kier molecular flexibility index (Phi) is 11.1. The standard InChI is InChI=1S/C29H41N3O3.2ClH/c1-20(2)18-32(28(35)27-15-22-8-9-26(34)14-23(22)17-30-27)13-12-31-11-10-29(4,21(3)19-31)24-6-5-7-25(33)16-24;;/h5-9,14,16,20-21,27,30,33-34H,10-13,15,17-19H2,1-4H3;2*1H/t21-,27+,29+;;/m0../s1. The molecule has 3 atom stereocenters. The van der Waals surface area contributed by atoms with Crippen LogP contribution in [0.3, 0.4) is 0 Å². The molecule has 0 bridgehead atoms. The van der Waals surface area contributed by atoms with Gasteiger partial charge in [0.15, 0.2) is 0 Å². The van der Waals surface area contributed by atoms with E-state index in [0.717, 1.165) is 50.3 Å². The lowest BCUT2D eigenvalue weighted by Crippen LogP contribution is -2.53. The van der Waals surface area contributed by atoms with Gasteiger partial charge in [-0.25, -0.2) is 0 Å². The number of rotatable bonds is 7. The molecule has 2 aromatic rings. The van der Waals surface area contributed by atoms with Crippen molar-refractivity contribution in [3.63, 3.8) is 0 Å². The number of hydrogen-bond donors (Lipinski definition) is 3. The third kappa shape index (κ3) is 7.32. The fraction of sp³-hybridized carbons (Fsp3) is 0.552. The van der Waals surface area contributed by atoms with Crippen LogP contribution in [0.1, 0.15) is 50.8 Å². The average Bonchev–Trinajstić information content (AvgIpc) is 2.83. The summed E-state index contributed by atoms with van der Waals surface area (Å²) in [6.07, 6.45) is 1.69. The number of nitrogens with one attached hydrogen (secondary N) is 1. The topological polar surface area (TPSA) is 76.0 Å². The summed E-state index contributed by atoms with van der Waals surface area (Å²) in [6, 6.07) is 12.9. The fourth-order valence-electron chi connectivity index (χ4n) is 5.70. The van der Waals surface area contributed by atoms with E-state index in [1.165, 1.54) is 5.56 Å². The van der Waals surface area contributed by atoms with Crippen molar-refractivity contribution in [1.82, 2.24) is 15.1 Å². The lowest BCUT2D eigenvalue weighted by molar-refractivity contribution is -0.134. The Labute approximate surface area is 234 Å². The van der Waals surface area contributed by atoms with Crippen molar-refractivity contribution in [3.8, 4) is 11.5 Å². The van der Waals surface area contributed by atoms with Crippen LogP contribution in [0.25, 0.3) is 0 Å². The minimum absolute atomic E-state index is 0. The van der Waals surface area contributed by atoms with E-state index >= 15 is 0 Å². The normalized spacial score (nSPS) is 23.5. The van der Waals surface area contributed by atoms with Gasteiger partial charge in [0.2, 0.25) is 5.91 Å². The van der Waals surface area contributed by atoms with Gasteiger partial charge in [0.05, 0.1) is 6.04 Å². The molecule has 2 heterocycles. The van der Waals surface area contributed by atoms with E-state index in [2.05, 4.69) is 44.0 Å². The Hall–Kier alpha value is -1.99. The number of halogens is 2. The summed E-state index contributed by atoms with van der Waals surface area (Å²) in [5.41, 5.74) is 3.46. The van der Waals surface area contributed by atoms with Gasteiger partial charge in [0.1, 0.15) is 11.5 Å². The minimum Gasteiger partial charge on any atom is -0.508 e. The number of carbonyl (C=O) groups is 1. The number of phenolic OH excluding ortho intramolecular Hbond substituents is 2. The minimum atomic E-state index is -0.222. The molecule has 0 radical (unpaired) electrons. The first kappa shape index (κ1) is 31.2. The molecule has 1 amide bonds. The molecule has 206 valence electrons. The number of aromatic hydroxyl groups is 2. The third-order valence-electron chi connectivity index (χ3n) is 8.11. The summed E-state index contributed by atoms with van der Waals surface area (Å²) >= 11 is 0. The van der Waals surface area contributed by atoms with E-state index in [1.807, 2.05) is 23.1 Å². The summed E-state index contributed by atoms with van der Waals surface area (Å²) in [5, 5.41) is 23.1. The zero-order valence-corrected chi connectivity index (χ0v) is 24.1. The molecule has 37 heavy (non-hydrogen) atoms. The van der Waals surface area contributed by atoms with Gasteiger partial charge in [-0.3, -0.25) is 4.79 Å². The Morgan fingerprint density at radius 1 is 1.14 bits per heavy atom. The molecule has 0 aliphatic carbocycles. The SMILES string of the molecule is CC(C)CN(CCN1CC[C@@](C)(c2cccc(O)c2)[C@@H](C)C1)C(=O)[C@H]1Cc2ccc(O)cc2CN1.Cl.Cl. The van der Waals surface area contributed by atoms with Crippen LogP contribution in [0, 0.1) is 11.8 Å². The highest BCUT2D eigenvalue weighted by Gasteiger charge is 2.38. The number of amides is 1. The van der Waals surface area contributed by atoms with Crippen LogP contribution in [0.2, 0.25) is 0 Å². The maximum atomic E-state index is 13.5. The summed E-state index contributed by atoms with van der Waals surface area (Å²) < 4.78 is 0. The van der Waals surface area contributed by atoms with Gasteiger partial charge in [-0.2, -0.15) is 0 Å². The predicted octanol–water partition coefficient (Wildman–Crippen LogP) is 4.74. The molecule has 4 rings (SSSR count). The van der Waals surface area contributed by atoms with E-state index in [4.69, 9.17) is 0 Å². The van der Waals surface area contributed by atoms with Crippen LogP contribution in [0.4, 0.5) is 0 Å². The molecule has 0 saturated carbocycles. The summed E-state index contributed by atoms with van der Waals surface area (Å²) in [6.45, 7) is 13.9. The van der Waals surface area contributed by atoms with Crippen LogP contribution in [-0.4, -0.2) is 64.7 Å². The smallest absolute Gasteiger partial charge is 0.240 e. The number of fused-ring (bicyclic) bond motifs is 1. The van der Waals surface area contributed by atoms with Crippen LogP contribution >= 0.6 is 24.8 Å². The van der Waals surface area contributed by atoms with Gasteiger partial charge >= 0.3 is 0 Å². The Morgan fingerprint density at radius 2 is 1.86 bits per heavy atom.